The van der Waals surface area contributed by atoms with E-state index in [0.717, 1.165) is 30.0 Å². The summed E-state index contributed by atoms with van der Waals surface area (Å²) < 4.78 is 5.76. The summed E-state index contributed by atoms with van der Waals surface area (Å²) in [5.41, 5.74) is 2.23. The van der Waals surface area contributed by atoms with Gasteiger partial charge in [-0.1, -0.05) is 49.4 Å². The second-order valence-corrected chi connectivity index (χ2v) is 7.48. The second kappa shape index (κ2) is 10.1. The molecule has 1 aliphatic rings. The molecule has 1 amide bonds. The van der Waals surface area contributed by atoms with E-state index in [2.05, 4.69) is 41.8 Å². The number of ether oxygens (including phenoxy) is 1. The van der Waals surface area contributed by atoms with Crippen molar-refractivity contribution in [3.8, 4) is 5.75 Å². The third kappa shape index (κ3) is 6.40. The minimum absolute atomic E-state index is 0.143. The largest absolute Gasteiger partial charge is 0.489 e. The van der Waals surface area contributed by atoms with Crippen LogP contribution in [-0.2, 0) is 17.9 Å². The summed E-state index contributed by atoms with van der Waals surface area (Å²) in [5.74, 6) is 2.06. The van der Waals surface area contributed by atoms with Crippen LogP contribution in [-0.4, -0.2) is 19.0 Å². The van der Waals surface area contributed by atoms with Crippen LogP contribution in [0.3, 0.4) is 0 Å². The van der Waals surface area contributed by atoms with Gasteiger partial charge >= 0.3 is 0 Å². The summed E-state index contributed by atoms with van der Waals surface area (Å²) >= 11 is 0. The molecule has 27 heavy (non-hydrogen) atoms. The molecule has 1 aliphatic heterocycles. The lowest BCUT2D eigenvalue weighted by molar-refractivity contribution is -0.122. The Morgan fingerprint density at radius 3 is 2.59 bits per heavy atom. The van der Waals surface area contributed by atoms with Gasteiger partial charge in [-0.05, 0) is 61.0 Å². The van der Waals surface area contributed by atoms with Gasteiger partial charge in [0.25, 0.3) is 0 Å². The van der Waals surface area contributed by atoms with Crippen molar-refractivity contribution < 1.29 is 9.53 Å². The fraction of sp³-hybridized carbons (Fsp3) is 0.435. The van der Waals surface area contributed by atoms with Crippen molar-refractivity contribution in [1.82, 2.24) is 10.6 Å². The molecule has 3 rings (SSSR count). The summed E-state index contributed by atoms with van der Waals surface area (Å²) in [5, 5.41) is 6.49. The van der Waals surface area contributed by atoms with Gasteiger partial charge in [0.15, 0.2) is 0 Å². The number of rotatable bonds is 8. The zero-order valence-electron chi connectivity index (χ0n) is 16.1. The van der Waals surface area contributed by atoms with E-state index in [1.807, 2.05) is 30.3 Å². The van der Waals surface area contributed by atoms with Crippen LogP contribution in [0.5, 0.6) is 5.75 Å². The highest BCUT2D eigenvalue weighted by atomic mass is 16.5. The number of hydrogen-bond acceptors (Lipinski definition) is 3. The van der Waals surface area contributed by atoms with Crippen molar-refractivity contribution in [1.29, 1.82) is 0 Å². The van der Waals surface area contributed by atoms with Gasteiger partial charge < -0.3 is 15.4 Å². The van der Waals surface area contributed by atoms with Gasteiger partial charge in [0.1, 0.15) is 12.4 Å². The molecule has 2 atom stereocenters. The number of para-hydroxylation sites is 1. The van der Waals surface area contributed by atoms with Crippen LogP contribution in [0.2, 0.25) is 0 Å². The van der Waals surface area contributed by atoms with Crippen molar-refractivity contribution >= 4 is 5.91 Å². The number of carbonyl (C=O) groups excluding carboxylic acids is 1. The van der Waals surface area contributed by atoms with Gasteiger partial charge in [0, 0.05) is 13.0 Å². The molecule has 4 nitrogen and oxygen atoms in total. The first kappa shape index (κ1) is 19.4. The minimum Gasteiger partial charge on any atom is -0.489 e. The van der Waals surface area contributed by atoms with E-state index >= 15 is 0 Å². The number of benzene rings is 2. The summed E-state index contributed by atoms with van der Waals surface area (Å²) in [6.45, 7) is 5.47. The molecule has 1 saturated heterocycles. The number of piperidine rings is 1. The van der Waals surface area contributed by atoms with Crippen LogP contribution in [0.25, 0.3) is 0 Å². The molecule has 0 aromatic heterocycles. The second-order valence-electron chi connectivity index (χ2n) is 7.48. The predicted octanol–water partition coefficient (Wildman–Crippen LogP) is 3.91. The van der Waals surface area contributed by atoms with Crippen molar-refractivity contribution in [2.24, 2.45) is 11.8 Å². The van der Waals surface area contributed by atoms with E-state index in [1.54, 1.807) is 0 Å². The Morgan fingerprint density at radius 1 is 1.15 bits per heavy atom. The van der Waals surface area contributed by atoms with Gasteiger partial charge in [-0.25, -0.2) is 0 Å². The van der Waals surface area contributed by atoms with Crippen LogP contribution in [0.4, 0.5) is 0 Å². The van der Waals surface area contributed by atoms with Gasteiger partial charge in [0.2, 0.25) is 5.91 Å². The van der Waals surface area contributed by atoms with Gasteiger partial charge in [-0.3, -0.25) is 4.79 Å². The van der Waals surface area contributed by atoms with Crippen molar-refractivity contribution in [3.63, 3.8) is 0 Å². The first-order chi connectivity index (χ1) is 13.2. The zero-order valence-corrected chi connectivity index (χ0v) is 16.1. The SMILES string of the molecule is CC(CC(=O)NCc1ccc(COc2ccccc2)cc1)C1CCCNC1. The molecule has 1 heterocycles. The molecular formula is C23H30N2O2. The van der Waals surface area contributed by atoms with E-state index in [9.17, 15) is 4.79 Å². The Morgan fingerprint density at radius 2 is 1.89 bits per heavy atom. The van der Waals surface area contributed by atoms with Crippen molar-refractivity contribution in [3.05, 3.63) is 65.7 Å². The lowest BCUT2D eigenvalue weighted by Gasteiger charge is -2.28. The molecule has 0 saturated carbocycles. The monoisotopic (exact) mass is 366 g/mol. The first-order valence-electron chi connectivity index (χ1n) is 9.94. The molecular weight excluding hydrogens is 336 g/mol. The highest BCUT2D eigenvalue weighted by molar-refractivity contribution is 5.76. The number of amides is 1. The summed E-state index contributed by atoms with van der Waals surface area (Å²) in [6.07, 6.45) is 3.06. The Hall–Kier alpha value is -2.33. The average molecular weight is 367 g/mol. The maximum absolute atomic E-state index is 12.2. The van der Waals surface area contributed by atoms with Gasteiger partial charge in [-0.2, -0.15) is 0 Å². The molecule has 0 spiro atoms. The van der Waals surface area contributed by atoms with Crippen LogP contribution in [0.15, 0.2) is 54.6 Å². The Labute approximate surface area is 162 Å². The predicted molar refractivity (Wildman–Crippen MR) is 108 cm³/mol. The quantitative estimate of drug-likeness (QED) is 0.745. The highest BCUT2D eigenvalue weighted by Crippen LogP contribution is 2.22. The van der Waals surface area contributed by atoms with E-state index in [-0.39, 0.29) is 5.91 Å². The van der Waals surface area contributed by atoms with E-state index in [1.165, 1.54) is 12.8 Å². The smallest absolute Gasteiger partial charge is 0.220 e. The maximum atomic E-state index is 12.2. The molecule has 2 aromatic carbocycles. The fourth-order valence-electron chi connectivity index (χ4n) is 3.53. The molecule has 2 unspecified atom stereocenters. The first-order valence-corrected chi connectivity index (χ1v) is 9.94. The van der Waals surface area contributed by atoms with E-state index in [0.29, 0.717) is 31.4 Å². The Kier molecular flexibility index (Phi) is 7.28. The number of hydrogen-bond donors (Lipinski definition) is 2. The lowest BCUT2D eigenvalue weighted by atomic mass is 9.85. The molecule has 0 aliphatic carbocycles. The molecule has 2 N–H and O–H groups in total. The normalized spacial score (nSPS) is 17.9. The van der Waals surface area contributed by atoms with Crippen molar-refractivity contribution in [2.75, 3.05) is 13.1 Å². The molecule has 144 valence electrons. The summed E-state index contributed by atoms with van der Waals surface area (Å²) in [4.78, 5) is 12.2. The third-order valence-electron chi connectivity index (χ3n) is 5.31. The minimum atomic E-state index is 0.143. The summed E-state index contributed by atoms with van der Waals surface area (Å²) in [6, 6.07) is 18.0. The Balaban J connectivity index is 1.39. The molecule has 1 fully saturated rings. The standard InChI is InChI=1S/C23H30N2O2/c1-18(21-6-5-13-24-16-21)14-23(26)25-15-19-9-11-20(12-10-19)17-27-22-7-3-2-4-8-22/h2-4,7-12,18,21,24H,5-6,13-17H2,1H3,(H,25,26). The fourth-order valence-corrected chi connectivity index (χ4v) is 3.53. The summed E-state index contributed by atoms with van der Waals surface area (Å²) in [7, 11) is 0. The molecule has 4 heteroatoms. The molecule has 0 radical (unpaired) electrons. The topological polar surface area (TPSA) is 50.4 Å². The Bertz CT molecular complexity index is 694. The molecule has 2 aromatic rings. The highest BCUT2D eigenvalue weighted by Gasteiger charge is 2.21. The zero-order chi connectivity index (χ0) is 18.9. The van der Waals surface area contributed by atoms with Crippen molar-refractivity contribution in [2.45, 2.75) is 39.3 Å². The van der Waals surface area contributed by atoms with Crippen LogP contribution in [0.1, 0.15) is 37.3 Å². The third-order valence-corrected chi connectivity index (χ3v) is 5.31. The van der Waals surface area contributed by atoms with Crippen LogP contribution < -0.4 is 15.4 Å². The van der Waals surface area contributed by atoms with Gasteiger partial charge in [0.05, 0.1) is 0 Å². The average Bonchev–Trinajstić information content (AvgIpc) is 2.73. The molecule has 0 bridgehead atoms. The van der Waals surface area contributed by atoms with E-state index in [4.69, 9.17) is 4.74 Å². The van der Waals surface area contributed by atoms with Gasteiger partial charge in [-0.15, -0.1) is 0 Å². The van der Waals surface area contributed by atoms with Crippen LogP contribution >= 0.6 is 0 Å². The maximum Gasteiger partial charge on any atom is 0.220 e. The lowest BCUT2D eigenvalue weighted by Crippen LogP contribution is -2.35. The van der Waals surface area contributed by atoms with E-state index < -0.39 is 0 Å². The number of carbonyl (C=O) groups is 1. The number of nitrogens with one attached hydrogen (secondary N) is 2. The van der Waals surface area contributed by atoms with Crippen LogP contribution in [0, 0.1) is 11.8 Å².